The van der Waals surface area contributed by atoms with Crippen LogP contribution in [0.1, 0.15) is 6.92 Å². The van der Waals surface area contributed by atoms with E-state index in [9.17, 15) is 4.79 Å². The Morgan fingerprint density at radius 2 is 2.36 bits per heavy atom. The van der Waals surface area contributed by atoms with Crippen molar-refractivity contribution in [1.29, 1.82) is 0 Å². The molecule has 0 saturated carbocycles. The zero-order chi connectivity index (χ0) is 7.84. The van der Waals surface area contributed by atoms with E-state index >= 15 is 0 Å². The number of nitrogens with one attached hydrogen (secondary N) is 2. The number of rotatable bonds is 0. The fraction of sp³-hybridized carbons (Fsp3) is 0.857. The molecule has 2 heterocycles. The summed E-state index contributed by atoms with van der Waals surface area (Å²) in [5.41, 5.74) is 0. The minimum absolute atomic E-state index is 0.0868. The Morgan fingerprint density at radius 3 is 3.09 bits per heavy atom. The molecule has 2 N–H and O–H groups in total. The molecule has 0 bridgehead atoms. The van der Waals surface area contributed by atoms with E-state index in [0.29, 0.717) is 5.92 Å². The number of amides is 1. The fourth-order valence-electron chi connectivity index (χ4n) is 1.74. The molecule has 4 nitrogen and oxygen atoms in total. The summed E-state index contributed by atoms with van der Waals surface area (Å²) >= 11 is 0. The Labute approximate surface area is 65.3 Å². The van der Waals surface area contributed by atoms with Gasteiger partial charge < -0.3 is 15.4 Å². The van der Waals surface area contributed by atoms with Gasteiger partial charge in [-0.05, 0) is 0 Å². The zero-order valence-corrected chi connectivity index (χ0v) is 6.46. The molecule has 4 heteroatoms. The minimum Gasteiger partial charge on any atom is -0.444 e. The number of carbonyl (C=O) groups excluding carboxylic acids is 1. The van der Waals surface area contributed by atoms with E-state index < -0.39 is 0 Å². The minimum atomic E-state index is -0.268. The second kappa shape index (κ2) is 2.37. The Balaban J connectivity index is 2.09. The highest BCUT2D eigenvalue weighted by atomic mass is 16.6. The first-order chi connectivity index (χ1) is 5.27. The lowest BCUT2D eigenvalue weighted by Crippen LogP contribution is -2.51. The summed E-state index contributed by atoms with van der Waals surface area (Å²) in [5, 5.41) is 5.99. The predicted octanol–water partition coefficient (Wildman–Crippen LogP) is -0.297. The Hall–Kier alpha value is -0.770. The number of alkyl carbamates (subject to hydrolysis) is 1. The van der Waals surface area contributed by atoms with Gasteiger partial charge in [-0.3, -0.25) is 0 Å². The first-order valence-electron chi connectivity index (χ1n) is 3.95. The van der Waals surface area contributed by atoms with Crippen molar-refractivity contribution in [1.82, 2.24) is 10.6 Å². The van der Waals surface area contributed by atoms with Crippen molar-refractivity contribution in [3.05, 3.63) is 0 Å². The first-order valence-corrected chi connectivity index (χ1v) is 3.95. The van der Waals surface area contributed by atoms with E-state index in [1.165, 1.54) is 0 Å². The van der Waals surface area contributed by atoms with E-state index in [0.717, 1.165) is 13.1 Å². The van der Waals surface area contributed by atoms with Crippen molar-refractivity contribution in [3.8, 4) is 0 Å². The van der Waals surface area contributed by atoms with Gasteiger partial charge in [0.2, 0.25) is 0 Å². The van der Waals surface area contributed by atoms with Crippen LogP contribution in [0.4, 0.5) is 4.79 Å². The van der Waals surface area contributed by atoms with E-state index in [1.807, 2.05) is 0 Å². The molecule has 0 radical (unpaired) electrons. The van der Waals surface area contributed by atoms with Gasteiger partial charge >= 0.3 is 6.09 Å². The molecule has 3 atom stereocenters. The SMILES string of the molecule is CC1CNC[C@H]2NC(=O)OC12. The summed E-state index contributed by atoms with van der Waals surface area (Å²) in [6.07, 6.45) is -0.181. The van der Waals surface area contributed by atoms with E-state index in [4.69, 9.17) is 4.74 Å². The number of hydrogen-bond donors (Lipinski definition) is 2. The number of piperidine rings is 1. The predicted molar refractivity (Wildman–Crippen MR) is 39.2 cm³/mol. The maximum Gasteiger partial charge on any atom is 0.407 e. The molecule has 11 heavy (non-hydrogen) atoms. The van der Waals surface area contributed by atoms with Crippen LogP contribution in [-0.2, 0) is 4.74 Å². The molecule has 2 unspecified atom stereocenters. The van der Waals surface area contributed by atoms with Crippen molar-refractivity contribution >= 4 is 6.09 Å². The van der Waals surface area contributed by atoms with Crippen LogP contribution in [0, 0.1) is 5.92 Å². The highest BCUT2D eigenvalue weighted by Gasteiger charge is 2.39. The molecule has 1 amide bonds. The smallest absolute Gasteiger partial charge is 0.407 e. The molecule has 0 aromatic carbocycles. The molecule has 2 saturated heterocycles. The van der Waals surface area contributed by atoms with E-state index in [-0.39, 0.29) is 18.2 Å². The normalized spacial score (nSPS) is 42.6. The lowest BCUT2D eigenvalue weighted by Gasteiger charge is -2.28. The molecular weight excluding hydrogens is 144 g/mol. The highest BCUT2D eigenvalue weighted by molar-refractivity contribution is 5.70. The molecule has 2 fully saturated rings. The molecule has 2 rings (SSSR count). The number of fused-ring (bicyclic) bond motifs is 1. The molecule has 0 spiro atoms. The van der Waals surface area contributed by atoms with Crippen LogP contribution in [0.15, 0.2) is 0 Å². The van der Waals surface area contributed by atoms with Gasteiger partial charge in [0.05, 0.1) is 6.04 Å². The van der Waals surface area contributed by atoms with Crippen molar-refractivity contribution in [2.45, 2.75) is 19.1 Å². The molecule has 0 aliphatic carbocycles. The van der Waals surface area contributed by atoms with Crippen molar-refractivity contribution < 1.29 is 9.53 Å². The lowest BCUT2D eigenvalue weighted by atomic mass is 9.95. The lowest BCUT2D eigenvalue weighted by molar-refractivity contribution is 0.0831. The molecular formula is C7H12N2O2. The molecule has 2 aliphatic rings. The standard InChI is InChI=1S/C7H12N2O2/c1-4-2-8-3-5-6(4)11-7(10)9-5/h4-6,8H,2-3H2,1H3,(H,9,10)/t4?,5-,6?/m1/s1. The van der Waals surface area contributed by atoms with Crippen LogP contribution in [0.25, 0.3) is 0 Å². The second-order valence-corrected chi connectivity index (χ2v) is 3.26. The third-order valence-corrected chi connectivity index (χ3v) is 2.33. The number of carbonyl (C=O) groups is 1. The summed E-state index contributed by atoms with van der Waals surface area (Å²) in [6, 6.07) is 0.186. The van der Waals surface area contributed by atoms with Gasteiger partial charge in [0.25, 0.3) is 0 Å². The van der Waals surface area contributed by atoms with Crippen LogP contribution in [-0.4, -0.2) is 31.3 Å². The van der Waals surface area contributed by atoms with Gasteiger partial charge in [-0.1, -0.05) is 6.92 Å². The molecule has 0 aromatic heterocycles. The second-order valence-electron chi connectivity index (χ2n) is 3.26. The van der Waals surface area contributed by atoms with Crippen LogP contribution in [0.5, 0.6) is 0 Å². The zero-order valence-electron chi connectivity index (χ0n) is 6.46. The number of ether oxygens (including phenoxy) is 1. The largest absolute Gasteiger partial charge is 0.444 e. The van der Waals surface area contributed by atoms with Crippen LogP contribution >= 0.6 is 0 Å². The molecule has 62 valence electrons. The topological polar surface area (TPSA) is 50.4 Å². The molecule has 2 aliphatic heterocycles. The summed E-state index contributed by atoms with van der Waals surface area (Å²) in [6.45, 7) is 3.86. The first kappa shape index (κ1) is 6.91. The van der Waals surface area contributed by atoms with E-state index in [2.05, 4.69) is 17.6 Å². The Bertz CT molecular complexity index is 183. The van der Waals surface area contributed by atoms with Gasteiger partial charge in [0.1, 0.15) is 6.10 Å². The van der Waals surface area contributed by atoms with Crippen molar-refractivity contribution in [3.63, 3.8) is 0 Å². The average molecular weight is 156 g/mol. The molecule has 0 aromatic rings. The van der Waals surface area contributed by atoms with E-state index in [1.54, 1.807) is 0 Å². The third-order valence-electron chi connectivity index (χ3n) is 2.33. The summed E-state index contributed by atoms with van der Waals surface area (Å²) in [7, 11) is 0. The van der Waals surface area contributed by atoms with Crippen LogP contribution in [0.2, 0.25) is 0 Å². The maximum atomic E-state index is 10.8. The monoisotopic (exact) mass is 156 g/mol. The van der Waals surface area contributed by atoms with Gasteiger partial charge in [-0.25, -0.2) is 4.79 Å². The third kappa shape index (κ3) is 1.07. The Kier molecular flexibility index (Phi) is 1.49. The van der Waals surface area contributed by atoms with Gasteiger partial charge in [-0.15, -0.1) is 0 Å². The summed E-state index contributed by atoms with van der Waals surface area (Å²) < 4.78 is 5.09. The number of hydrogen-bond acceptors (Lipinski definition) is 3. The highest BCUT2D eigenvalue weighted by Crippen LogP contribution is 2.19. The van der Waals surface area contributed by atoms with Gasteiger partial charge in [-0.2, -0.15) is 0 Å². The maximum absolute atomic E-state index is 10.8. The van der Waals surface area contributed by atoms with Gasteiger partial charge in [0, 0.05) is 19.0 Å². The summed E-state index contributed by atoms with van der Waals surface area (Å²) in [5.74, 6) is 0.424. The van der Waals surface area contributed by atoms with Crippen LogP contribution < -0.4 is 10.6 Å². The average Bonchev–Trinajstić information content (AvgIpc) is 2.31. The quantitative estimate of drug-likeness (QED) is 0.506. The Morgan fingerprint density at radius 1 is 1.55 bits per heavy atom. The van der Waals surface area contributed by atoms with Gasteiger partial charge in [0.15, 0.2) is 0 Å². The fourth-order valence-corrected chi connectivity index (χ4v) is 1.74. The summed E-state index contributed by atoms with van der Waals surface area (Å²) in [4.78, 5) is 10.8. The van der Waals surface area contributed by atoms with Crippen molar-refractivity contribution in [2.24, 2.45) is 5.92 Å². The van der Waals surface area contributed by atoms with Crippen molar-refractivity contribution in [2.75, 3.05) is 13.1 Å². The van der Waals surface area contributed by atoms with Crippen LogP contribution in [0.3, 0.4) is 0 Å².